The summed E-state index contributed by atoms with van der Waals surface area (Å²) in [4.78, 5) is 0.464. The van der Waals surface area contributed by atoms with Crippen LogP contribution in [0.1, 0.15) is 25.7 Å². The van der Waals surface area contributed by atoms with Gasteiger partial charge in [-0.1, -0.05) is 0 Å². The molecule has 1 aromatic rings. The number of hydrogen-bond donors (Lipinski definition) is 1. The molecule has 0 amide bonds. The number of hydrogen-bond acceptors (Lipinski definition) is 1. The summed E-state index contributed by atoms with van der Waals surface area (Å²) in [6.07, 6.45) is 4.46. The fraction of sp³-hybridized carbons (Fsp3) is 0.500. The van der Waals surface area contributed by atoms with E-state index >= 15 is 0 Å². The standard InChI is InChI=1S/C12H15ClOSe/c13-9-5-1-3-7-11(9)15-12-8-4-2-6-10(12)14/h1,3,5,7,10,12,14H,2,4,6,8H2/t10-,12-/m0/s1. The molecule has 0 bridgehead atoms. The zero-order chi connectivity index (χ0) is 10.7. The van der Waals surface area contributed by atoms with Gasteiger partial charge in [0.2, 0.25) is 0 Å². The summed E-state index contributed by atoms with van der Waals surface area (Å²) >= 11 is 6.44. The van der Waals surface area contributed by atoms with E-state index in [2.05, 4.69) is 6.07 Å². The first kappa shape index (κ1) is 11.5. The molecule has 1 aliphatic carbocycles. The Labute approximate surface area is 102 Å². The summed E-state index contributed by atoms with van der Waals surface area (Å²) in [5.41, 5.74) is 0. The third-order valence-corrected chi connectivity index (χ3v) is 6.43. The van der Waals surface area contributed by atoms with Gasteiger partial charge in [-0.15, -0.1) is 0 Å². The average molecular weight is 290 g/mol. The number of aliphatic hydroxyl groups excluding tert-OH is 1. The first-order chi connectivity index (χ1) is 7.27. The summed E-state index contributed by atoms with van der Waals surface area (Å²) < 4.78 is 1.23. The van der Waals surface area contributed by atoms with Gasteiger partial charge in [-0.25, -0.2) is 0 Å². The molecule has 0 saturated heterocycles. The maximum atomic E-state index is 9.89. The molecular formula is C12H15ClOSe. The van der Waals surface area contributed by atoms with Crippen molar-refractivity contribution in [1.82, 2.24) is 0 Å². The van der Waals surface area contributed by atoms with Crippen LogP contribution >= 0.6 is 11.6 Å². The molecule has 15 heavy (non-hydrogen) atoms. The van der Waals surface area contributed by atoms with Gasteiger partial charge in [0, 0.05) is 0 Å². The zero-order valence-corrected chi connectivity index (χ0v) is 11.0. The van der Waals surface area contributed by atoms with Crippen LogP contribution in [0.5, 0.6) is 0 Å². The van der Waals surface area contributed by atoms with Gasteiger partial charge in [0.15, 0.2) is 0 Å². The van der Waals surface area contributed by atoms with Gasteiger partial charge in [-0.05, 0) is 0 Å². The van der Waals surface area contributed by atoms with Crippen molar-refractivity contribution in [3.63, 3.8) is 0 Å². The topological polar surface area (TPSA) is 20.2 Å². The second kappa shape index (κ2) is 5.36. The monoisotopic (exact) mass is 290 g/mol. The third-order valence-electron chi connectivity index (χ3n) is 2.78. The van der Waals surface area contributed by atoms with E-state index in [0.717, 1.165) is 17.9 Å². The quantitative estimate of drug-likeness (QED) is 0.829. The Morgan fingerprint density at radius 2 is 1.93 bits per heavy atom. The molecule has 2 atom stereocenters. The fourth-order valence-corrected chi connectivity index (χ4v) is 4.89. The predicted octanol–water partition coefficient (Wildman–Crippen LogP) is 2.39. The van der Waals surface area contributed by atoms with E-state index in [9.17, 15) is 5.11 Å². The van der Waals surface area contributed by atoms with Crippen LogP contribution in [-0.4, -0.2) is 26.2 Å². The van der Waals surface area contributed by atoms with Crippen molar-refractivity contribution in [2.45, 2.75) is 36.6 Å². The Bertz CT molecular complexity index is 329. The molecule has 1 nitrogen and oxygen atoms in total. The zero-order valence-electron chi connectivity index (χ0n) is 8.53. The summed E-state index contributed by atoms with van der Waals surface area (Å²) in [7, 11) is 0. The Morgan fingerprint density at radius 1 is 1.20 bits per heavy atom. The molecule has 0 aromatic heterocycles. The van der Waals surface area contributed by atoms with Gasteiger partial charge in [-0.3, -0.25) is 0 Å². The van der Waals surface area contributed by atoms with Crippen molar-refractivity contribution in [2.75, 3.05) is 0 Å². The van der Waals surface area contributed by atoms with Crippen molar-refractivity contribution < 1.29 is 5.11 Å². The maximum absolute atomic E-state index is 9.89. The van der Waals surface area contributed by atoms with Gasteiger partial charge in [-0.2, -0.15) is 0 Å². The molecule has 1 saturated carbocycles. The van der Waals surface area contributed by atoms with E-state index in [1.165, 1.54) is 17.3 Å². The Kier molecular flexibility index (Phi) is 4.10. The van der Waals surface area contributed by atoms with Crippen LogP contribution in [0.25, 0.3) is 0 Å². The molecule has 1 aliphatic rings. The Balaban J connectivity index is 2.04. The van der Waals surface area contributed by atoms with E-state index in [4.69, 9.17) is 11.6 Å². The van der Waals surface area contributed by atoms with E-state index in [1.54, 1.807) is 0 Å². The second-order valence-corrected chi connectivity index (χ2v) is 7.03. The molecule has 1 fully saturated rings. The molecule has 1 aromatic carbocycles. The third kappa shape index (κ3) is 2.98. The van der Waals surface area contributed by atoms with Gasteiger partial charge < -0.3 is 0 Å². The molecule has 82 valence electrons. The predicted molar refractivity (Wildman–Crippen MR) is 65.1 cm³/mol. The van der Waals surface area contributed by atoms with Crippen molar-refractivity contribution in [1.29, 1.82) is 0 Å². The molecule has 2 rings (SSSR count). The Hall–Kier alpha value is -0.0105. The van der Waals surface area contributed by atoms with E-state index < -0.39 is 0 Å². The van der Waals surface area contributed by atoms with Crippen LogP contribution in [0, 0.1) is 0 Å². The second-order valence-electron chi connectivity index (χ2n) is 3.94. The average Bonchev–Trinajstić information content (AvgIpc) is 2.24. The number of benzene rings is 1. The summed E-state index contributed by atoms with van der Waals surface area (Å²) in [5.74, 6) is 0. The summed E-state index contributed by atoms with van der Waals surface area (Å²) in [6, 6.07) is 8.01. The number of aliphatic hydroxyl groups is 1. The molecule has 1 N–H and O–H groups in total. The van der Waals surface area contributed by atoms with Crippen LogP contribution in [0.4, 0.5) is 0 Å². The molecule has 0 spiro atoms. The van der Waals surface area contributed by atoms with E-state index in [1.807, 2.05) is 18.2 Å². The first-order valence-corrected chi connectivity index (χ1v) is 7.59. The fourth-order valence-electron chi connectivity index (χ4n) is 1.92. The van der Waals surface area contributed by atoms with Gasteiger partial charge in [0.25, 0.3) is 0 Å². The molecule has 0 unspecified atom stereocenters. The molecule has 0 aliphatic heterocycles. The van der Waals surface area contributed by atoms with Crippen LogP contribution in [0.3, 0.4) is 0 Å². The Morgan fingerprint density at radius 3 is 2.67 bits per heavy atom. The normalized spacial score (nSPS) is 26.5. The van der Waals surface area contributed by atoms with Gasteiger partial charge >= 0.3 is 102 Å². The number of rotatable bonds is 2. The van der Waals surface area contributed by atoms with E-state index in [0.29, 0.717) is 19.8 Å². The molecule has 0 heterocycles. The van der Waals surface area contributed by atoms with Crippen LogP contribution in [0.15, 0.2) is 24.3 Å². The minimum absolute atomic E-state index is 0.102. The van der Waals surface area contributed by atoms with Crippen molar-refractivity contribution in [3.05, 3.63) is 29.3 Å². The molecule has 0 radical (unpaired) electrons. The summed E-state index contributed by atoms with van der Waals surface area (Å²) in [6.45, 7) is 0. The minimum atomic E-state index is -0.102. The molecular weight excluding hydrogens is 275 g/mol. The van der Waals surface area contributed by atoms with Crippen LogP contribution in [0.2, 0.25) is 9.84 Å². The van der Waals surface area contributed by atoms with Crippen molar-refractivity contribution in [2.24, 2.45) is 0 Å². The first-order valence-electron chi connectivity index (χ1n) is 5.36. The van der Waals surface area contributed by atoms with E-state index in [-0.39, 0.29) is 6.10 Å². The van der Waals surface area contributed by atoms with Crippen molar-refractivity contribution in [3.8, 4) is 0 Å². The molecule has 3 heteroatoms. The number of halogens is 1. The van der Waals surface area contributed by atoms with Gasteiger partial charge in [0.05, 0.1) is 0 Å². The van der Waals surface area contributed by atoms with Crippen LogP contribution in [-0.2, 0) is 0 Å². The van der Waals surface area contributed by atoms with Gasteiger partial charge in [0.1, 0.15) is 0 Å². The van der Waals surface area contributed by atoms with Crippen molar-refractivity contribution >= 4 is 31.0 Å². The van der Waals surface area contributed by atoms with Crippen LogP contribution < -0.4 is 4.46 Å². The SMILES string of the molecule is O[C@H]1CCCC[C@@H]1[Se]c1ccccc1Cl. The summed E-state index contributed by atoms with van der Waals surface area (Å²) in [5, 5.41) is 10.8.